The first-order valence-corrected chi connectivity index (χ1v) is 8.62. The second kappa shape index (κ2) is 7.72. The fourth-order valence-electron chi connectivity index (χ4n) is 3.57. The smallest absolute Gasteiger partial charge is 0.475 e. The summed E-state index contributed by atoms with van der Waals surface area (Å²) in [4.78, 5) is 8.90. The van der Waals surface area contributed by atoms with Crippen LogP contribution in [-0.2, 0) is 14.3 Å². The van der Waals surface area contributed by atoms with Gasteiger partial charge in [-0.3, -0.25) is 4.74 Å². The molecule has 3 fully saturated rings. The molecule has 164 valence electrons. The minimum atomic E-state index is -5.08. The number of carboxylic acids is 1. The van der Waals surface area contributed by atoms with E-state index in [0.29, 0.717) is 11.8 Å². The van der Waals surface area contributed by atoms with E-state index in [1.807, 2.05) is 0 Å². The number of rotatable bonds is 3. The molecule has 1 aromatic heterocycles. The van der Waals surface area contributed by atoms with Crippen molar-refractivity contribution in [2.24, 2.45) is 5.73 Å². The molecule has 2 aliphatic heterocycles. The van der Waals surface area contributed by atoms with E-state index in [0.717, 1.165) is 12.8 Å². The molecule has 1 saturated carbocycles. The van der Waals surface area contributed by atoms with Crippen LogP contribution in [0.3, 0.4) is 0 Å². The van der Waals surface area contributed by atoms with Crippen LogP contribution in [0.4, 0.5) is 26.3 Å². The normalized spacial score (nSPS) is 33.8. The number of aliphatic carboxylic acids is 1. The molecule has 2 saturated heterocycles. The molecular formula is C15H17F6N3O5. The number of alkyl halides is 6. The van der Waals surface area contributed by atoms with Gasteiger partial charge < -0.3 is 20.0 Å². The summed E-state index contributed by atoms with van der Waals surface area (Å²) in [5.74, 6) is -1.96. The van der Waals surface area contributed by atoms with E-state index >= 15 is 0 Å². The first-order chi connectivity index (χ1) is 13.3. The van der Waals surface area contributed by atoms with Crippen LogP contribution in [0.15, 0.2) is 4.42 Å². The van der Waals surface area contributed by atoms with Crippen LogP contribution < -0.4 is 5.73 Å². The number of ether oxygens (including phenoxy) is 2. The highest BCUT2D eigenvalue weighted by molar-refractivity contribution is 5.73. The first-order valence-electron chi connectivity index (χ1n) is 8.62. The lowest BCUT2D eigenvalue weighted by molar-refractivity contribution is -0.352. The van der Waals surface area contributed by atoms with E-state index in [4.69, 9.17) is 24.8 Å². The van der Waals surface area contributed by atoms with Crippen LogP contribution in [-0.4, -0.2) is 58.2 Å². The van der Waals surface area contributed by atoms with E-state index in [9.17, 15) is 26.3 Å². The summed E-state index contributed by atoms with van der Waals surface area (Å²) in [6.07, 6.45) is -8.40. The van der Waals surface area contributed by atoms with E-state index in [-0.39, 0.29) is 42.9 Å². The molecule has 8 nitrogen and oxygen atoms in total. The summed E-state index contributed by atoms with van der Waals surface area (Å²) in [6.45, 7) is 0. The van der Waals surface area contributed by atoms with Gasteiger partial charge in [0.25, 0.3) is 0 Å². The third-order valence-corrected chi connectivity index (χ3v) is 5.03. The second-order valence-electron chi connectivity index (χ2n) is 7.09. The molecule has 4 rings (SSSR count). The lowest BCUT2D eigenvalue weighted by Gasteiger charge is -2.32. The number of fused-ring (bicyclic) bond motifs is 2. The van der Waals surface area contributed by atoms with Gasteiger partial charge in [0.15, 0.2) is 0 Å². The summed E-state index contributed by atoms with van der Waals surface area (Å²) in [6, 6.07) is 0.0653. The maximum absolute atomic E-state index is 12.1. The van der Waals surface area contributed by atoms with Gasteiger partial charge in [-0.05, 0) is 25.7 Å². The zero-order valence-corrected chi connectivity index (χ0v) is 14.6. The van der Waals surface area contributed by atoms with E-state index in [1.165, 1.54) is 0 Å². The van der Waals surface area contributed by atoms with Crippen molar-refractivity contribution in [3.63, 3.8) is 0 Å². The lowest BCUT2D eigenvalue weighted by atomic mass is 9.82. The van der Waals surface area contributed by atoms with Gasteiger partial charge in [0.05, 0.1) is 24.2 Å². The van der Waals surface area contributed by atoms with Crippen molar-refractivity contribution in [3.05, 3.63) is 11.8 Å². The average Bonchev–Trinajstić information content (AvgIpc) is 3.23. The topological polar surface area (TPSA) is 121 Å². The Morgan fingerprint density at radius 2 is 1.62 bits per heavy atom. The first kappa shape index (κ1) is 21.8. The lowest BCUT2D eigenvalue weighted by Crippen LogP contribution is -2.34. The van der Waals surface area contributed by atoms with Gasteiger partial charge in [-0.15, -0.1) is 23.4 Å². The number of hydrogen-bond acceptors (Lipinski definition) is 7. The van der Waals surface area contributed by atoms with Gasteiger partial charge in [-0.25, -0.2) is 4.79 Å². The highest BCUT2D eigenvalue weighted by atomic mass is 19.4. The molecule has 3 aliphatic rings. The number of carboxylic acid groups (broad SMARTS) is 1. The molecule has 0 amide bonds. The number of nitrogens with zero attached hydrogens (tertiary/aromatic N) is 2. The van der Waals surface area contributed by atoms with Gasteiger partial charge >= 0.3 is 18.5 Å². The minimum Gasteiger partial charge on any atom is -0.475 e. The maximum atomic E-state index is 12.1. The zero-order valence-electron chi connectivity index (χ0n) is 14.6. The SMILES string of the molecule is N[C@H]1C[C@H]2O[C@@H]1C[C@@H]2c1nnc(C2CC(OC(F)(F)F)C2)o1.O=C(O)C(F)(F)F. The van der Waals surface area contributed by atoms with Crippen LogP contribution >= 0.6 is 0 Å². The van der Waals surface area contributed by atoms with Crippen molar-refractivity contribution < 1.29 is 50.1 Å². The largest absolute Gasteiger partial charge is 0.522 e. The molecular weight excluding hydrogens is 416 g/mol. The Balaban J connectivity index is 0.000000298. The van der Waals surface area contributed by atoms with Crippen molar-refractivity contribution in [1.82, 2.24) is 10.2 Å². The number of hydrogen-bond donors (Lipinski definition) is 2. The molecule has 0 unspecified atom stereocenters. The number of nitrogens with two attached hydrogens (primary N) is 1. The molecule has 29 heavy (non-hydrogen) atoms. The molecule has 3 N–H and O–H groups in total. The van der Waals surface area contributed by atoms with Crippen molar-refractivity contribution in [1.29, 1.82) is 0 Å². The highest BCUT2D eigenvalue weighted by Gasteiger charge is 2.49. The summed E-state index contributed by atoms with van der Waals surface area (Å²) in [7, 11) is 0. The Hall–Kier alpha value is -1.93. The Morgan fingerprint density at radius 3 is 2.07 bits per heavy atom. The minimum absolute atomic E-state index is 0.0102. The fraction of sp³-hybridized carbons (Fsp3) is 0.800. The quantitative estimate of drug-likeness (QED) is 0.698. The van der Waals surface area contributed by atoms with Gasteiger partial charge in [0, 0.05) is 12.0 Å². The van der Waals surface area contributed by atoms with Crippen LogP contribution in [0.25, 0.3) is 0 Å². The van der Waals surface area contributed by atoms with E-state index < -0.39 is 24.6 Å². The van der Waals surface area contributed by atoms with E-state index in [2.05, 4.69) is 14.9 Å². The van der Waals surface area contributed by atoms with Crippen molar-refractivity contribution in [3.8, 4) is 0 Å². The van der Waals surface area contributed by atoms with Gasteiger partial charge in [-0.2, -0.15) is 13.2 Å². The Bertz CT molecular complexity index is 731. The molecule has 0 spiro atoms. The Morgan fingerprint density at radius 1 is 1.03 bits per heavy atom. The highest BCUT2D eigenvalue weighted by Crippen LogP contribution is 2.45. The number of halogens is 6. The monoisotopic (exact) mass is 433 g/mol. The van der Waals surface area contributed by atoms with E-state index in [1.54, 1.807) is 0 Å². The molecule has 4 atom stereocenters. The summed E-state index contributed by atoms with van der Waals surface area (Å²) >= 11 is 0. The molecule has 0 radical (unpaired) electrons. The van der Waals surface area contributed by atoms with Gasteiger partial charge in [0.1, 0.15) is 0 Å². The number of aromatic nitrogens is 2. The average molecular weight is 433 g/mol. The summed E-state index contributed by atoms with van der Waals surface area (Å²) in [5.41, 5.74) is 5.91. The van der Waals surface area contributed by atoms with Crippen LogP contribution in [0.1, 0.15) is 49.3 Å². The second-order valence-corrected chi connectivity index (χ2v) is 7.09. The number of carbonyl (C=O) groups is 1. The third kappa shape index (κ3) is 5.17. The predicted molar refractivity (Wildman–Crippen MR) is 79.5 cm³/mol. The molecule has 2 bridgehead atoms. The summed E-state index contributed by atoms with van der Waals surface area (Å²) in [5, 5.41) is 15.1. The molecule has 14 heteroatoms. The summed E-state index contributed by atoms with van der Waals surface area (Å²) < 4.78 is 83.3. The molecule has 1 aromatic rings. The van der Waals surface area contributed by atoms with Crippen LogP contribution in [0, 0.1) is 0 Å². The van der Waals surface area contributed by atoms with Gasteiger partial charge in [0.2, 0.25) is 11.8 Å². The molecule has 3 heterocycles. The Labute approximate surface area is 159 Å². The van der Waals surface area contributed by atoms with Crippen LogP contribution in [0.5, 0.6) is 0 Å². The fourth-order valence-corrected chi connectivity index (χ4v) is 3.57. The molecule has 0 aromatic carbocycles. The van der Waals surface area contributed by atoms with Crippen molar-refractivity contribution in [2.45, 2.75) is 74.4 Å². The predicted octanol–water partition coefficient (Wildman–Crippen LogP) is 2.46. The Kier molecular flexibility index (Phi) is 5.80. The van der Waals surface area contributed by atoms with Gasteiger partial charge in [-0.1, -0.05) is 0 Å². The van der Waals surface area contributed by atoms with Crippen LogP contribution in [0.2, 0.25) is 0 Å². The molecule has 1 aliphatic carbocycles. The third-order valence-electron chi connectivity index (χ3n) is 5.03. The maximum Gasteiger partial charge on any atom is 0.522 e. The zero-order chi connectivity index (χ0) is 21.6. The van der Waals surface area contributed by atoms with Crippen molar-refractivity contribution >= 4 is 5.97 Å². The standard InChI is InChI=1S/C13H16F3N3O3.C2HF3O2/c14-13(15,16)22-6-1-5(2-6)11-18-19-12(21-11)7-3-10-8(17)4-9(7)20-10;3-2(4,5)1(6)7/h5-10H,1-4,17H2;(H,6,7)/t5?,6?,7-,8-,9+,10+;/m0./s1. The van der Waals surface area contributed by atoms with Crippen molar-refractivity contribution in [2.75, 3.05) is 0 Å².